The van der Waals surface area contributed by atoms with Crippen molar-refractivity contribution in [1.82, 2.24) is 0 Å². The Morgan fingerprint density at radius 1 is 1.47 bits per heavy atom. The monoisotopic (exact) mass is 288 g/mol. The van der Waals surface area contributed by atoms with Gasteiger partial charge < -0.3 is 5.11 Å². The fourth-order valence-corrected chi connectivity index (χ4v) is 4.15. The second-order valence-electron chi connectivity index (χ2n) is 4.87. The number of hydrogen-bond donors (Lipinski definition) is 1. The van der Waals surface area contributed by atoms with Crippen LogP contribution >= 0.6 is 27.3 Å². The fourth-order valence-electron chi connectivity index (χ4n) is 2.42. The minimum absolute atomic E-state index is 0.108. The molecule has 3 heteroatoms. The van der Waals surface area contributed by atoms with Gasteiger partial charge in [0.15, 0.2) is 0 Å². The number of aliphatic hydroxyl groups is 1. The molecule has 84 valence electrons. The van der Waals surface area contributed by atoms with Gasteiger partial charge >= 0.3 is 0 Å². The number of hydrogen-bond acceptors (Lipinski definition) is 2. The first-order chi connectivity index (χ1) is 7.03. The Kier molecular flexibility index (Phi) is 3.25. The zero-order valence-corrected chi connectivity index (χ0v) is 11.6. The van der Waals surface area contributed by atoms with Crippen LogP contribution in [-0.2, 0) is 0 Å². The standard InChI is InChI=1S/C12H17BrOS/c1-8-7-9(15-11(8)13)10(14)12(2)5-3-4-6-12/h7,10,14H,3-6H2,1-2H3. The van der Waals surface area contributed by atoms with E-state index in [-0.39, 0.29) is 11.5 Å². The summed E-state index contributed by atoms with van der Waals surface area (Å²) in [4.78, 5) is 1.11. The van der Waals surface area contributed by atoms with Crippen molar-refractivity contribution in [2.75, 3.05) is 0 Å². The molecule has 1 atom stereocenters. The van der Waals surface area contributed by atoms with Crippen LogP contribution in [0.25, 0.3) is 0 Å². The van der Waals surface area contributed by atoms with Gasteiger partial charge in [-0.3, -0.25) is 0 Å². The second kappa shape index (κ2) is 4.19. The van der Waals surface area contributed by atoms with E-state index >= 15 is 0 Å². The van der Waals surface area contributed by atoms with Crippen LogP contribution in [-0.4, -0.2) is 5.11 Å². The molecule has 15 heavy (non-hydrogen) atoms. The molecule has 2 rings (SSSR count). The van der Waals surface area contributed by atoms with Crippen LogP contribution < -0.4 is 0 Å². The van der Waals surface area contributed by atoms with Crippen LogP contribution in [0.4, 0.5) is 0 Å². The van der Waals surface area contributed by atoms with Crippen molar-refractivity contribution in [3.8, 4) is 0 Å². The molecule has 1 aliphatic carbocycles. The minimum atomic E-state index is -0.282. The van der Waals surface area contributed by atoms with E-state index in [0.29, 0.717) is 0 Å². The number of thiophene rings is 1. The quantitative estimate of drug-likeness (QED) is 0.853. The second-order valence-corrected chi connectivity index (χ2v) is 7.27. The Morgan fingerprint density at radius 3 is 2.53 bits per heavy atom. The van der Waals surface area contributed by atoms with Gasteiger partial charge in [-0.2, -0.15) is 0 Å². The first-order valence-electron chi connectivity index (χ1n) is 5.47. The molecular formula is C12H17BrOS. The number of aryl methyl sites for hydroxylation is 1. The highest BCUT2D eigenvalue weighted by Gasteiger charge is 2.37. The smallest absolute Gasteiger partial charge is 0.0935 e. The molecule has 1 aliphatic rings. The van der Waals surface area contributed by atoms with Crippen LogP contribution in [0, 0.1) is 12.3 Å². The summed E-state index contributed by atoms with van der Waals surface area (Å²) in [5.41, 5.74) is 1.34. The summed E-state index contributed by atoms with van der Waals surface area (Å²) < 4.78 is 1.15. The average Bonchev–Trinajstić information content (AvgIpc) is 2.75. The van der Waals surface area contributed by atoms with Gasteiger partial charge in [-0.05, 0) is 52.7 Å². The summed E-state index contributed by atoms with van der Waals surface area (Å²) >= 11 is 5.19. The van der Waals surface area contributed by atoms with Gasteiger partial charge in [-0.15, -0.1) is 11.3 Å². The molecule has 1 aromatic rings. The molecule has 1 nitrogen and oxygen atoms in total. The van der Waals surface area contributed by atoms with Crippen molar-refractivity contribution in [1.29, 1.82) is 0 Å². The van der Waals surface area contributed by atoms with Crippen molar-refractivity contribution in [3.63, 3.8) is 0 Å². The average molecular weight is 289 g/mol. The first-order valence-corrected chi connectivity index (χ1v) is 7.08. The van der Waals surface area contributed by atoms with E-state index in [9.17, 15) is 5.11 Å². The van der Waals surface area contributed by atoms with Crippen molar-refractivity contribution in [2.45, 2.75) is 45.6 Å². The third kappa shape index (κ3) is 2.15. The molecule has 0 spiro atoms. The van der Waals surface area contributed by atoms with Gasteiger partial charge in [-0.25, -0.2) is 0 Å². The highest BCUT2D eigenvalue weighted by atomic mass is 79.9. The van der Waals surface area contributed by atoms with Crippen LogP contribution in [0.3, 0.4) is 0 Å². The predicted octanol–water partition coefficient (Wildman–Crippen LogP) is 4.43. The summed E-state index contributed by atoms with van der Waals surface area (Å²) in [6.45, 7) is 4.29. The van der Waals surface area contributed by atoms with E-state index in [0.717, 1.165) is 21.5 Å². The number of halogens is 1. The topological polar surface area (TPSA) is 20.2 Å². The minimum Gasteiger partial charge on any atom is -0.387 e. The highest BCUT2D eigenvalue weighted by Crippen LogP contribution is 2.49. The largest absolute Gasteiger partial charge is 0.387 e. The Morgan fingerprint density at radius 2 is 2.07 bits per heavy atom. The van der Waals surface area contributed by atoms with Crippen molar-refractivity contribution < 1.29 is 5.11 Å². The maximum absolute atomic E-state index is 10.4. The Balaban J connectivity index is 2.23. The van der Waals surface area contributed by atoms with Crippen LogP contribution in [0.2, 0.25) is 0 Å². The molecule has 1 fully saturated rings. The molecule has 0 aliphatic heterocycles. The molecule has 1 N–H and O–H groups in total. The Hall–Kier alpha value is 0.140. The zero-order valence-electron chi connectivity index (χ0n) is 9.22. The number of aliphatic hydroxyl groups excluding tert-OH is 1. The van der Waals surface area contributed by atoms with Gasteiger partial charge in [-0.1, -0.05) is 19.8 Å². The summed E-state index contributed by atoms with van der Waals surface area (Å²) in [6.07, 6.45) is 4.55. The SMILES string of the molecule is Cc1cc(C(O)C2(C)CCCC2)sc1Br. The lowest BCUT2D eigenvalue weighted by molar-refractivity contribution is 0.0437. The van der Waals surface area contributed by atoms with Crippen molar-refractivity contribution in [2.24, 2.45) is 5.41 Å². The zero-order chi connectivity index (χ0) is 11.1. The van der Waals surface area contributed by atoms with Gasteiger partial charge in [0.05, 0.1) is 9.89 Å². The maximum Gasteiger partial charge on any atom is 0.0935 e. The van der Waals surface area contributed by atoms with E-state index in [1.807, 2.05) is 0 Å². The first kappa shape index (κ1) is 11.6. The van der Waals surface area contributed by atoms with E-state index in [2.05, 4.69) is 35.8 Å². The molecule has 0 bridgehead atoms. The van der Waals surface area contributed by atoms with Crippen LogP contribution in [0.1, 0.15) is 49.2 Å². The van der Waals surface area contributed by atoms with Crippen molar-refractivity contribution in [3.05, 3.63) is 20.3 Å². The lowest BCUT2D eigenvalue weighted by atomic mass is 9.82. The summed E-state index contributed by atoms with van der Waals surface area (Å²) in [6, 6.07) is 2.11. The third-order valence-corrected chi connectivity index (χ3v) is 5.74. The highest BCUT2D eigenvalue weighted by molar-refractivity contribution is 9.11. The summed E-state index contributed by atoms with van der Waals surface area (Å²) in [5.74, 6) is 0. The Labute approximate surface area is 104 Å². The van der Waals surface area contributed by atoms with Crippen LogP contribution in [0.15, 0.2) is 9.85 Å². The van der Waals surface area contributed by atoms with Crippen molar-refractivity contribution >= 4 is 27.3 Å². The lowest BCUT2D eigenvalue weighted by Crippen LogP contribution is -2.21. The fraction of sp³-hybridized carbons (Fsp3) is 0.667. The molecule has 1 heterocycles. The molecule has 1 saturated carbocycles. The van der Waals surface area contributed by atoms with Gasteiger partial charge in [0.1, 0.15) is 0 Å². The summed E-state index contributed by atoms with van der Waals surface area (Å²) in [5, 5.41) is 10.4. The number of rotatable bonds is 2. The molecule has 0 aromatic carbocycles. The molecule has 1 aromatic heterocycles. The van der Waals surface area contributed by atoms with Gasteiger partial charge in [0, 0.05) is 4.88 Å². The molecule has 1 unspecified atom stereocenters. The molecular weight excluding hydrogens is 272 g/mol. The Bertz CT molecular complexity index is 333. The van der Waals surface area contributed by atoms with E-state index in [1.165, 1.54) is 18.4 Å². The summed E-state index contributed by atoms with van der Waals surface area (Å²) in [7, 11) is 0. The van der Waals surface area contributed by atoms with E-state index in [1.54, 1.807) is 11.3 Å². The van der Waals surface area contributed by atoms with Gasteiger partial charge in [0.2, 0.25) is 0 Å². The van der Waals surface area contributed by atoms with E-state index < -0.39 is 0 Å². The lowest BCUT2D eigenvalue weighted by Gasteiger charge is -2.29. The van der Waals surface area contributed by atoms with Gasteiger partial charge in [0.25, 0.3) is 0 Å². The predicted molar refractivity (Wildman–Crippen MR) is 68.3 cm³/mol. The normalized spacial score (nSPS) is 21.9. The molecule has 0 saturated heterocycles. The third-order valence-electron chi connectivity index (χ3n) is 3.55. The van der Waals surface area contributed by atoms with E-state index in [4.69, 9.17) is 0 Å². The maximum atomic E-state index is 10.4. The molecule has 0 radical (unpaired) electrons. The van der Waals surface area contributed by atoms with Crippen LogP contribution in [0.5, 0.6) is 0 Å². The molecule has 0 amide bonds.